The lowest BCUT2D eigenvalue weighted by atomic mass is 9.32. The summed E-state index contributed by atoms with van der Waals surface area (Å²) in [4.78, 5) is 0. The van der Waals surface area contributed by atoms with Crippen LogP contribution in [-0.4, -0.2) is 31.5 Å². The number of aliphatic hydroxyl groups excluding tert-OH is 1. The van der Waals surface area contributed by atoms with Crippen molar-refractivity contribution in [2.45, 2.75) is 105 Å². The third-order valence-electron chi connectivity index (χ3n) is 13.9. The zero-order chi connectivity index (χ0) is 25.4. The Morgan fingerprint density at radius 1 is 0.914 bits per heavy atom. The minimum atomic E-state index is -0.204. The van der Waals surface area contributed by atoms with Gasteiger partial charge in [-0.15, -0.1) is 0 Å². The molecule has 0 heterocycles. The fraction of sp³-hybridized carbons (Fsp3) is 0.935. The quantitative estimate of drug-likeness (QED) is 0.231. The average Bonchev–Trinajstić information content (AvgIpc) is 3.19. The molecule has 5 aliphatic rings. The molecule has 0 spiro atoms. The zero-order valence-corrected chi connectivity index (χ0v) is 24.3. The van der Waals surface area contributed by atoms with Gasteiger partial charge in [0.05, 0.1) is 19.3 Å². The third-order valence-corrected chi connectivity index (χ3v) is 14.1. The van der Waals surface area contributed by atoms with Gasteiger partial charge in [0, 0.05) is 12.5 Å². The summed E-state index contributed by atoms with van der Waals surface area (Å²) in [5, 5.41) is 10.6. The number of aliphatic hydroxyl groups is 1. The van der Waals surface area contributed by atoms with E-state index in [1.165, 1.54) is 63.4 Å². The van der Waals surface area contributed by atoms with Crippen molar-refractivity contribution < 1.29 is 14.0 Å². The van der Waals surface area contributed by atoms with E-state index < -0.39 is 0 Å². The van der Waals surface area contributed by atoms with Gasteiger partial charge in [0.15, 0.2) is 0 Å². The average molecular weight is 505 g/mol. The molecule has 4 heteroatoms. The van der Waals surface area contributed by atoms with Crippen LogP contribution >= 0.6 is 12.9 Å². The van der Waals surface area contributed by atoms with E-state index in [0.29, 0.717) is 34.0 Å². The van der Waals surface area contributed by atoms with Crippen LogP contribution in [-0.2, 0) is 8.92 Å². The number of hydrogen-bond donors (Lipinski definition) is 2. The summed E-state index contributed by atoms with van der Waals surface area (Å²) >= 11 is 4.25. The number of fused-ring (bicyclic) bond motifs is 7. The fourth-order valence-corrected chi connectivity index (χ4v) is 12.3. The van der Waals surface area contributed by atoms with Crippen LogP contribution in [0.4, 0.5) is 0 Å². The molecule has 0 amide bonds. The smallest absolute Gasteiger partial charge is 0.0797 e. The van der Waals surface area contributed by atoms with Crippen LogP contribution in [0, 0.1) is 56.7 Å². The van der Waals surface area contributed by atoms with Crippen LogP contribution in [0.25, 0.3) is 0 Å². The van der Waals surface area contributed by atoms with Gasteiger partial charge in [-0.2, -0.15) is 0 Å². The van der Waals surface area contributed by atoms with Gasteiger partial charge in [-0.25, -0.2) is 0 Å². The normalized spacial score (nSPS) is 55.4. The van der Waals surface area contributed by atoms with E-state index in [1.807, 2.05) is 7.11 Å². The summed E-state index contributed by atoms with van der Waals surface area (Å²) in [7, 11) is 1.91. The summed E-state index contributed by atoms with van der Waals surface area (Å²) in [5.74, 6) is 3.34. The molecule has 0 aromatic heterocycles. The third kappa shape index (κ3) is 3.34. The van der Waals surface area contributed by atoms with Crippen LogP contribution in [0.2, 0.25) is 0 Å². The minimum absolute atomic E-state index is 0.0457. The van der Waals surface area contributed by atoms with Crippen molar-refractivity contribution in [3.05, 3.63) is 12.2 Å². The summed E-state index contributed by atoms with van der Waals surface area (Å²) in [6.07, 6.45) is 12.7. The Morgan fingerprint density at radius 2 is 1.66 bits per heavy atom. The second kappa shape index (κ2) is 8.75. The van der Waals surface area contributed by atoms with Gasteiger partial charge < -0.3 is 14.0 Å². The van der Waals surface area contributed by atoms with Crippen molar-refractivity contribution in [2.24, 2.45) is 56.7 Å². The van der Waals surface area contributed by atoms with E-state index >= 15 is 0 Å². The Balaban J connectivity index is 1.53. The summed E-state index contributed by atoms with van der Waals surface area (Å²) < 4.78 is 11.6. The lowest BCUT2D eigenvalue weighted by molar-refractivity contribution is -0.253. The molecule has 0 bridgehead atoms. The van der Waals surface area contributed by atoms with Crippen molar-refractivity contribution in [1.29, 1.82) is 0 Å². The summed E-state index contributed by atoms with van der Waals surface area (Å²) in [6.45, 7) is 18.2. The van der Waals surface area contributed by atoms with E-state index in [-0.39, 0.29) is 23.5 Å². The van der Waals surface area contributed by atoms with Crippen LogP contribution in [0.3, 0.4) is 0 Å². The molecule has 0 radical (unpaired) electrons. The fourth-order valence-electron chi connectivity index (χ4n) is 12.0. The maximum Gasteiger partial charge on any atom is 0.0797 e. The molecule has 5 fully saturated rings. The van der Waals surface area contributed by atoms with Gasteiger partial charge in [0.1, 0.15) is 0 Å². The Morgan fingerprint density at radius 3 is 2.29 bits per heavy atom. The predicted octanol–water partition coefficient (Wildman–Crippen LogP) is 7.49. The number of allylic oxidation sites excluding steroid dienone is 1. The molecule has 0 aromatic rings. The van der Waals surface area contributed by atoms with Gasteiger partial charge in [0.25, 0.3) is 0 Å². The molecule has 4 unspecified atom stereocenters. The molecule has 5 saturated carbocycles. The van der Waals surface area contributed by atoms with Crippen molar-refractivity contribution >= 4 is 12.9 Å². The first-order chi connectivity index (χ1) is 16.5. The lowest BCUT2D eigenvalue weighted by Gasteiger charge is -2.73. The molecule has 0 saturated heterocycles. The van der Waals surface area contributed by atoms with Crippen molar-refractivity contribution in [3.8, 4) is 0 Å². The van der Waals surface area contributed by atoms with Gasteiger partial charge >= 0.3 is 0 Å². The van der Waals surface area contributed by atoms with Gasteiger partial charge in [-0.1, -0.05) is 39.8 Å². The predicted molar refractivity (Wildman–Crippen MR) is 146 cm³/mol. The monoisotopic (exact) mass is 504 g/mol. The van der Waals surface area contributed by atoms with Crippen molar-refractivity contribution in [2.75, 3.05) is 20.3 Å². The summed E-state index contributed by atoms with van der Waals surface area (Å²) in [5.41, 5.74) is 2.51. The SMILES string of the molecule is C=C(C)[C@@H]1CC[C@]2(COC)CC[C@]3(C)C(CCC4[C@@]5(C)CC[C@H](OS)[C@@](C)(CO)C5CC[C@]43C)C12. The number of methoxy groups -OCH3 is 1. The van der Waals surface area contributed by atoms with E-state index in [1.54, 1.807) is 0 Å². The van der Waals surface area contributed by atoms with E-state index in [0.717, 1.165) is 24.9 Å². The maximum atomic E-state index is 10.6. The van der Waals surface area contributed by atoms with Crippen LogP contribution in [0.15, 0.2) is 12.2 Å². The standard InChI is InChI=1S/C31H52O3S/c1-20(2)21-10-15-31(19-33-7)17-16-29(5)22(26(21)31)8-9-24-27(3)13-12-25(34-35)28(4,18-32)23(27)11-14-30(24,29)6/h21-26,32,35H,1,8-19H2,2-7H3/t21-,22?,23?,24?,25-,26?,27-,28-,29+,30+,31+/m0/s1. The van der Waals surface area contributed by atoms with Gasteiger partial charge in [-0.05, 0) is 135 Å². The number of ether oxygens (including phenoxy) is 1. The highest BCUT2D eigenvalue weighted by atomic mass is 32.1. The van der Waals surface area contributed by atoms with Crippen LogP contribution in [0.1, 0.15) is 98.8 Å². The van der Waals surface area contributed by atoms with E-state index in [2.05, 4.69) is 54.1 Å². The second-order valence-corrected chi connectivity index (χ2v) is 15.0. The number of hydrogen-bond acceptors (Lipinski definition) is 4. The molecule has 3 nitrogen and oxygen atoms in total. The van der Waals surface area contributed by atoms with E-state index in [9.17, 15) is 5.11 Å². The number of rotatable bonds is 5. The Bertz CT molecular complexity index is 845. The maximum absolute atomic E-state index is 10.6. The molecular formula is C31H52O3S. The summed E-state index contributed by atoms with van der Waals surface area (Å²) in [6, 6.07) is 0. The van der Waals surface area contributed by atoms with Gasteiger partial charge in [0.2, 0.25) is 0 Å². The topological polar surface area (TPSA) is 38.7 Å². The van der Waals surface area contributed by atoms with Gasteiger partial charge in [-0.3, -0.25) is 0 Å². The highest BCUT2D eigenvalue weighted by Crippen LogP contribution is 2.77. The Kier molecular flexibility index (Phi) is 6.64. The molecular weight excluding hydrogens is 452 g/mol. The lowest BCUT2D eigenvalue weighted by Crippen LogP contribution is -2.67. The Hall–Kier alpha value is -0.0300. The van der Waals surface area contributed by atoms with Crippen molar-refractivity contribution in [3.63, 3.8) is 0 Å². The van der Waals surface area contributed by atoms with Crippen molar-refractivity contribution in [1.82, 2.24) is 0 Å². The molecule has 200 valence electrons. The molecule has 0 aliphatic heterocycles. The largest absolute Gasteiger partial charge is 0.396 e. The first-order valence-corrected chi connectivity index (χ1v) is 14.9. The first-order valence-electron chi connectivity index (χ1n) is 14.5. The molecule has 35 heavy (non-hydrogen) atoms. The highest BCUT2D eigenvalue weighted by Gasteiger charge is 2.71. The van der Waals surface area contributed by atoms with Crippen LogP contribution in [0.5, 0.6) is 0 Å². The molecule has 1 N–H and O–H groups in total. The molecule has 11 atom stereocenters. The molecule has 5 aliphatic carbocycles. The highest BCUT2D eigenvalue weighted by molar-refractivity contribution is 7.75. The minimum Gasteiger partial charge on any atom is -0.396 e. The zero-order valence-electron chi connectivity index (χ0n) is 23.4. The number of thiol groups is 1. The van der Waals surface area contributed by atoms with Crippen LogP contribution < -0.4 is 0 Å². The molecule has 5 rings (SSSR count). The second-order valence-electron chi connectivity index (χ2n) is 14.8. The van der Waals surface area contributed by atoms with E-state index in [4.69, 9.17) is 8.92 Å². The molecule has 0 aromatic carbocycles. The Labute approximate surface area is 220 Å². The first kappa shape index (κ1) is 26.6.